The van der Waals surface area contributed by atoms with Crippen LogP contribution >= 0.6 is 0 Å². The van der Waals surface area contributed by atoms with Crippen molar-refractivity contribution in [3.63, 3.8) is 0 Å². The summed E-state index contributed by atoms with van der Waals surface area (Å²) < 4.78 is 0. The van der Waals surface area contributed by atoms with Gasteiger partial charge in [0.05, 0.1) is 6.07 Å². The summed E-state index contributed by atoms with van der Waals surface area (Å²) in [6.07, 6.45) is 3.54. The minimum Gasteiger partial charge on any atom is -0.332 e. The maximum absolute atomic E-state index is 12.3. The van der Waals surface area contributed by atoms with Crippen LogP contribution in [0, 0.1) is 11.3 Å². The molecule has 1 atom stereocenters. The summed E-state index contributed by atoms with van der Waals surface area (Å²) in [4.78, 5) is 16.3. The lowest BCUT2D eigenvalue weighted by Gasteiger charge is -2.32. The van der Waals surface area contributed by atoms with Crippen molar-refractivity contribution in [1.82, 2.24) is 10.3 Å². The van der Waals surface area contributed by atoms with Gasteiger partial charge in [-0.3, -0.25) is 9.78 Å². The van der Waals surface area contributed by atoms with E-state index in [-0.39, 0.29) is 5.91 Å². The van der Waals surface area contributed by atoms with Crippen LogP contribution in [0.3, 0.4) is 0 Å². The number of aryl methyl sites for hydroxylation is 1. The number of nitrogens with zero attached hydrogens (tertiary/aromatic N) is 2. The van der Waals surface area contributed by atoms with Crippen LogP contribution in [-0.4, -0.2) is 16.4 Å². The van der Waals surface area contributed by atoms with Gasteiger partial charge in [0.1, 0.15) is 11.2 Å². The van der Waals surface area contributed by atoms with E-state index < -0.39 is 5.54 Å². The molecule has 4 heteroatoms. The molecule has 1 amide bonds. The summed E-state index contributed by atoms with van der Waals surface area (Å²) in [5.74, 6) is -0.295. The molecule has 1 aliphatic carbocycles. The Hall–Kier alpha value is -2.67. The summed E-state index contributed by atoms with van der Waals surface area (Å²) in [7, 11) is 0. The van der Waals surface area contributed by atoms with Gasteiger partial charge in [-0.1, -0.05) is 30.3 Å². The maximum atomic E-state index is 12.3. The molecule has 0 aliphatic heterocycles. The van der Waals surface area contributed by atoms with Crippen LogP contribution in [0.1, 0.15) is 28.0 Å². The number of nitrogens with one attached hydrogen (secondary N) is 1. The Kier molecular flexibility index (Phi) is 3.41. The van der Waals surface area contributed by atoms with E-state index in [9.17, 15) is 10.1 Å². The molecule has 21 heavy (non-hydrogen) atoms. The maximum Gasteiger partial charge on any atom is 0.271 e. The predicted molar refractivity (Wildman–Crippen MR) is 78.5 cm³/mol. The number of rotatable bonds is 2. The van der Waals surface area contributed by atoms with Gasteiger partial charge in [0.15, 0.2) is 0 Å². The summed E-state index contributed by atoms with van der Waals surface area (Å²) in [6, 6.07) is 15.5. The van der Waals surface area contributed by atoms with Crippen LogP contribution in [0.5, 0.6) is 0 Å². The van der Waals surface area contributed by atoms with E-state index in [0.29, 0.717) is 18.5 Å². The van der Waals surface area contributed by atoms with E-state index in [1.165, 1.54) is 5.56 Å². The summed E-state index contributed by atoms with van der Waals surface area (Å²) in [6.45, 7) is 0. The third-order valence-corrected chi connectivity index (χ3v) is 3.90. The van der Waals surface area contributed by atoms with E-state index in [2.05, 4.69) is 22.4 Å². The SMILES string of the molecule is N#CC1(NC(=O)c2ccccn2)CCc2ccccc2C1. The fourth-order valence-corrected chi connectivity index (χ4v) is 2.74. The predicted octanol–water partition coefficient (Wildman–Crippen LogP) is 2.26. The van der Waals surface area contributed by atoms with Gasteiger partial charge in [-0.15, -0.1) is 0 Å². The second-order valence-electron chi connectivity index (χ2n) is 5.31. The molecule has 0 bridgehead atoms. The number of amides is 1. The van der Waals surface area contributed by atoms with Crippen LogP contribution in [-0.2, 0) is 12.8 Å². The Morgan fingerprint density at radius 2 is 1.95 bits per heavy atom. The standard InChI is InChI=1S/C17H15N3O/c18-12-17(20-16(21)15-7-3-4-10-19-15)9-8-13-5-1-2-6-14(13)11-17/h1-7,10H,8-9,11H2,(H,20,21). The minimum atomic E-state index is -0.844. The van der Waals surface area contributed by atoms with E-state index >= 15 is 0 Å². The first-order valence-electron chi connectivity index (χ1n) is 6.94. The van der Waals surface area contributed by atoms with Crippen molar-refractivity contribution < 1.29 is 4.79 Å². The van der Waals surface area contributed by atoms with Crippen molar-refractivity contribution in [2.45, 2.75) is 24.8 Å². The molecule has 0 saturated heterocycles. The Labute approximate surface area is 123 Å². The molecular formula is C17H15N3O. The molecule has 0 radical (unpaired) electrons. The van der Waals surface area contributed by atoms with Crippen molar-refractivity contribution in [3.05, 3.63) is 65.5 Å². The van der Waals surface area contributed by atoms with E-state index in [1.807, 2.05) is 18.2 Å². The Morgan fingerprint density at radius 3 is 2.67 bits per heavy atom. The highest BCUT2D eigenvalue weighted by molar-refractivity contribution is 5.93. The highest BCUT2D eigenvalue weighted by atomic mass is 16.2. The highest BCUT2D eigenvalue weighted by Crippen LogP contribution is 2.28. The van der Waals surface area contributed by atoms with Gasteiger partial charge < -0.3 is 5.32 Å². The van der Waals surface area contributed by atoms with Gasteiger partial charge in [-0.25, -0.2) is 0 Å². The van der Waals surface area contributed by atoms with E-state index in [1.54, 1.807) is 24.4 Å². The van der Waals surface area contributed by atoms with Crippen LogP contribution in [0.4, 0.5) is 0 Å². The first-order valence-corrected chi connectivity index (χ1v) is 6.94. The summed E-state index contributed by atoms with van der Waals surface area (Å²) in [5, 5.41) is 12.5. The molecule has 0 saturated carbocycles. The van der Waals surface area contributed by atoms with Crippen molar-refractivity contribution in [2.75, 3.05) is 0 Å². The van der Waals surface area contributed by atoms with Crippen molar-refractivity contribution in [3.8, 4) is 6.07 Å². The quantitative estimate of drug-likeness (QED) is 0.915. The average Bonchev–Trinajstić information content (AvgIpc) is 2.55. The Morgan fingerprint density at radius 1 is 1.19 bits per heavy atom. The van der Waals surface area contributed by atoms with Crippen LogP contribution in [0.2, 0.25) is 0 Å². The van der Waals surface area contributed by atoms with Gasteiger partial charge in [-0.2, -0.15) is 5.26 Å². The van der Waals surface area contributed by atoms with E-state index in [0.717, 1.165) is 12.0 Å². The molecule has 104 valence electrons. The molecule has 1 heterocycles. The molecule has 1 N–H and O–H groups in total. The zero-order valence-electron chi connectivity index (χ0n) is 11.5. The normalized spacial score (nSPS) is 20.1. The number of nitriles is 1. The molecular weight excluding hydrogens is 262 g/mol. The largest absolute Gasteiger partial charge is 0.332 e. The number of pyridine rings is 1. The van der Waals surface area contributed by atoms with Crippen LogP contribution in [0.15, 0.2) is 48.7 Å². The number of fused-ring (bicyclic) bond motifs is 1. The smallest absolute Gasteiger partial charge is 0.271 e. The molecule has 1 aromatic heterocycles. The van der Waals surface area contributed by atoms with Gasteiger partial charge >= 0.3 is 0 Å². The molecule has 1 aromatic carbocycles. The van der Waals surface area contributed by atoms with E-state index in [4.69, 9.17) is 0 Å². The third kappa shape index (κ3) is 2.63. The number of carbonyl (C=O) groups is 1. The number of hydrogen-bond donors (Lipinski definition) is 1. The zero-order chi connectivity index (χ0) is 14.7. The Bertz CT molecular complexity index is 705. The van der Waals surface area contributed by atoms with Crippen molar-refractivity contribution >= 4 is 5.91 Å². The lowest BCUT2D eigenvalue weighted by Crippen LogP contribution is -2.51. The van der Waals surface area contributed by atoms with Crippen molar-refractivity contribution in [2.24, 2.45) is 0 Å². The monoisotopic (exact) mass is 277 g/mol. The van der Waals surface area contributed by atoms with Crippen molar-refractivity contribution in [1.29, 1.82) is 5.26 Å². The molecule has 1 aliphatic rings. The fourth-order valence-electron chi connectivity index (χ4n) is 2.74. The number of benzene rings is 1. The first-order chi connectivity index (χ1) is 10.2. The van der Waals surface area contributed by atoms with Crippen LogP contribution in [0.25, 0.3) is 0 Å². The molecule has 1 unspecified atom stereocenters. The molecule has 0 spiro atoms. The molecule has 3 rings (SSSR count). The second kappa shape index (κ2) is 5.37. The van der Waals surface area contributed by atoms with Gasteiger partial charge in [0.2, 0.25) is 0 Å². The molecule has 2 aromatic rings. The molecule has 0 fully saturated rings. The summed E-state index contributed by atoms with van der Waals surface area (Å²) in [5.41, 5.74) is 1.89. The zero-order valence-corrected chi connectivity index (χ0v) is 11.5. The highest BCUT2D eigenvalue weighted by Gasteiger charge is 2.36. The first kappa shape index (κ1) is 13.3. The average molecular weight is 277 g/mol. The van der Waals surface area contributed by atoms with Gasteiger partial charge in [0, 0.05) is 12.6 Å². The summed E-state index contributed by atoms with van der Waals surface area (Å²) >= 11 is 0. The number of hydrogen-bond acceptors (Lipinski definition) is 3. The number of aromatic nitrogens is 1. The third-order valence-electron chi connectivity index (χ3n) is 3.90. The van der Waals surface area contributed by atoms with Crippen LogP contribution < -0.4 is 5.32 Å². The fraction of sp³-hybridized carbons (Fsp3) is 0.235. The molecule has 4 nitrogen and oxygen atoms in total. The Balaban J connectivity index is 1.83. The number of carbonyl (C=O) groups excluding carboxylic acids is 1. The lowest BCUT2D eigenvalue weighted by atomic mass is 9.78. The van der Waals surface area contributed by atoms with Gasteiger partial charge in [-0.05, 0) is 36.1 Å². The second-order valence-corrected chi connectivity index (χ2v) is 5.31. The lowest BCUT2D eigenvalue weighted by molar-refractivity contribution is 0.0908. The topological polar surface area (TPSA) is 65.8 Å². The minimum absolute atomic E-state index is 0.295. The van der Waals surface area contributed by atoms with Gasteiger partial charge in [0.25, 0.3) is 5.91 Å².